The summed E-state index contributed by atoms with van der Waals surface area (Å²) >= 11 is 1.92. The monoisotopic (exact) mass is 450 g/mol. The Morgan fingerprint density at radius 3 is 2.96 bits per heavy atom. The van der Waals surface area contributed by atoms with Crippen LogP contribution in [0, 0.1) is 29.5 Å². The average molecular weight is 450 g/mol. The minimum absolute atomic E-state index is 0.0650. The molecule has 3 unspecified atom stereocenters. The van der Waals surface area contributed by atoms with E-state index in [1.54, 1.807) is 18.3 Å². The number of hydrogen-bond acceptors (Lipinski definition) is 2. The van der Waals surface area contributed by atoms with Gasteiger partial charge in [-0.05, 0) is 72.4 Å². The molecule has 0 saturated heterocycles. The summed E-state index contributed by atoms with van der Waals surface area (Å²) in [5, 5.41) is 0.892. The SMILES string of the molecule is CC(C(=O)NI)[C@@H]1CC2C=C(c3ccnc4ccc(F)cc34)CC2C1. The van der Waals surface area contributed by atoms with Gasteiger partial charge in [0.1, 0.15) is 5.82 Å². The fourth-order valence-electron chi connectivity index (χ4n) is 4.56. The molecule has 1 fully saturated rings. The molecule has 2 aliphatic rings. The lowest BCUT2D eigenvalue weighted by Crippen LogP contribution is -2.26. The number of nitrogens with one attached hydrogen (secondary N) is 1. The number of fused-ring (bicyclic) bond motifs is 2. The summed E-state index contributed by atoms with van der Waals surface area (Å²) in [6.45, 7) is 2.03. The van der Waals surface area contributed by atoms with Gasteiger partial charge in [0, 0.05) is 17.5 Å². The number of pyridine rings is 1. The van der Waals surface area contributed by atoms with Crippen LogP contribution >= 0.6 is 22.9 Å². The summed E-state index contributed by atoms with van der Waals surface area (Å²) in [6, 6.07) is 6.78. The van der Waals surface area contributed by atoms with Gasteiger partial charge in [-0.15, -0.1) is 0 Å². The fourth-order valence-corrected chi connectivity index (χ4v) is 5.05. The van der Waals surface area contributed by atoms with Gasteiger partial charge in [0.05, 0.1) is 28.4 Å². The third-order valence-electron chi connectivity index (χ3n) is 5.95. The van der Waals surface area contributed by atoms with Gasteiger partial charge in [-0.2, -0.15) is 0 Å². The van der Waals surface area contributed by atoms with Crippen LogP contribution in [0.1, 0.15) is 31.7 Å². The first kappa shape index (κ1) is 16.9. The molecule has 2 aliphatic carbocycles. The zero-order valence-corrected chi connectivity index (χ0v) is 16.2. The van der Waals surface area contributed by atoms with Crippen molar-refractivity contribution in [3.05, 3.63) is 47.9 Å². The summed E-state index contributed by atoms with van der Waals surface area (Å²) in [4.78, 5) is 16.3. The van der Waals surface area contributed by atoms with Crippen LogP contribution in [-0.2, 0) is 4.79 Å². The van der Waals surface area contributed by atoms with E-state index in [0.717, 1.165) is 35.7 Å². The van der Waals surface area contributed by atoms with Crippen molar-refractivity contribution in [1.29, 1.82) is 0 Å². The molecule has 1 aromatic heterocycles. The van der Waals surface area contributed by atoms with Gasteiger partial charge < -0.3 is 0 Å². The number of aromatic nitrogens is 1. The maximum Gasteiger partial charge on any atom is 0.231 e. The van der Waals surface area contributed by atoms with Crippen molar-refractivity contribution in [2.24, 2.45) is 23.7 Å². The Kier molecular flexibility index (Phi) is 4.52. The lowest BCUT2D eigenvalue weighted by atomic mass is 9.89. The molecule has 1 aromatic carbocycles. The van der Waals surface area contributed by atoms with Crippen molar-refractivity contribution >= 4 is 45.2 Å². The Labute approximate surface area is 160 Å². The van der Waals surface area contributed by atoms with Crippen molar-refractivity contribution in [2.75, 3.05) is 0 Å². The number of nitrogens with zero attached hydrogens (tertiary/aromatic N) is 1. The largest absolute Gasteiger partial charge is 0.299 e. The van der Waals surface area contributed by atoms with Gasteiger partial charge in [-0.25, -0.2) is 4.39 Å². The number of halogens is 2. The minimum Gasteiger partial charge on any atom is -0.299 e. The minimum atomic E-state index is -0.223. The van der Waals surface area contributed by atoms with Crippen LogP contribution in [0.25, 0.3) is 16.5 Å². The second-order valence-corrected chi connectivity index (χ2v) is 7.86. The van der Waals surface area contributed by atoms with Gasteiger partial charge in [-0.3, -0.25) is 13.3 Å². The molecule has 0 aliphatic heterocycles. The Morgan fingerprint density at radius 2 is 2.20 bits per heavy atom. The van der Waals surface area contributed by atoms with Crippen LogP contribution in [-0.4, -0.2) is 10.9 Å². The highest BCUT2D eigenvalue weighted by Crippen LogP contribution is 2.50. The van der Waals surface area contributed by atoms with E-state index in [0.29, 0.717) is 17.8 Å². The number of benzene rings is 1. The van der Waals surface area contributed by atoms with Crippen molar-refractivity contribution in [3.8, 4) is 0 Å². The highest BCUT2D eigenvalue weighted by molar-refractivity contribution is 14.1. The number of carbonyl (C=O) groups excluding carboxylic acids is 1. The summed E-state index contributed by atoms with van der Waals surface area (Å²) in [7, 11) is 0. The Balaban J connectivity index is 1.60. The summed E-state index contributed by atoms with van der Waals surface area (Å²) in [5.74, 6) is 1.55. The van der Waals surface area contributed by atoms with E-state index < -0.39 is 0 Å². The van der Waals surface area contributed by atoms with E-state index in [1.165, 1.54) is 11.6 Å². The topological polar surface area (TPSA) is 42.0 Å². The number of carbonyl (C=O) groups is 1. The Hall–Kier alpha value is -1.50. The van der Waals surface area contributed by atoms with E-state index >= 15 is 0 Å². The van der Waals surface area contributed by atoms with E-state index in [1.807, 2.05) is 35.9 Å². The number of rotatable bonds is 3. The molecule has 25 heavy (non-hydrogen) atoms. The zero-order chi connectivity index (χ0) is 17.6. The molecule has 1 saturated carbocycles. The molecule has 1 heterocycles. The molecule has 2 aromatic rings. The van der Waals surface area contributed by atoms with Crippen LogP contribution in [0.2, 0.25) is 0 Å². The van der Waals surface area contributed by atoms with Gasteiger partial charge >= 0.3 is 0 Å². The molecule has 4 rings (SSSR count). The van der Waals surface area contributed by atoms with Crippen LogP contribution < -0.4 is 3.53 Å². The summed E-state index contributed by atoms with van der Waals surface area (Å²) in [5.41, 5.74) is 3.24. The van der Waals surface area contributed by atoms with Crippen molar-refractivity contribution < 1.29 is 9.18 Å². The molecule has 1 amide bonds. The fraction of sp³-hybridized carbons (Fsp3) is 0.400. The lowest BCUT2D eigenvalue weighted by Gasteiger charge is -2.18. The first-order valence-corrected chi connectivity index (χ1v) is 9.80. The standard InChI is InChI=1S/C20H20FIN2O/c1-11(20(25)24-22)12-6-13-8-15(9-14(13)7-12)17-4-5-23-19-3-2-16(21)10-18(17)19/h2-5,8,10-14H,6-7,9H2,1H3,(H,24,25)/t11?,12-,13?,14?/m1/s1. The third-order valence-corrected chi connectivity index (χ3v) is 6.48. The van der Waals surface area contributed by atoms with Crippen molar-refractivity contribution in [1.82, 2.24) is 8.51 Å². The molecular formula is C20H20FIN2O. The summed E-state index contributed by atoms with van der Waals surface area (Å²) < 4.78 is 16.4. The lowest BCUT2D eigenvalue weighted by molar-refractivity contribution is -0.123. The van der Waals surface area contributed by atoms with Gasteiger partial charge in [0.2, 0.25) is 5.91 Å². The number of allylic oxidation sites excluding steroid dienone is 2. The van der Waals surface area contributed by atoms with Crippen LogP contribution in [0.15, 0.2) is 36.5 Å². The number of hydrogen-bond donors (Lipinski definition) is 1. The molecule has 0 bridgehead atoms. The van der Waals surface area contributed by atoms with Crippen molar-refractivity contribution in [3.63, 3.8) is 0 Å². The Morgan fingerprint density at radius 1 is 1.36 bits per heavy atom. The van der Waals surface area contributed by atoms with E-state index in [2.05, 4.69) is 14.6 Å². The molecule has 4 atom stereocenters. The van der Waals surface area contributed by atoms with Crippen LogP contribution in [0.3, 0.4) is 0 Å². The maximum absolute atomic E-state index is 13.7. The molecule has 130 valence electrons. The van der Waals surface area contributed by atoms with Gasteiger partial charge in [0.25, 0.3) is 0 Å². The Bertz CT molecular complexity index is 866. The summed E-state index contributed by atoms with van der Waals surface area (Å²) in [6.07, 6.45) is 7.33. The van der Waals surface area contributed by atoms with E-state index in [9.17, 15) is 9.18 Å². The van der Waals surface area contributed by atoms with Gasteiger partial charge in [0.15, 0.2) is 0 Å². The highest BCUT2D eigenvalue weighted by Gasteiger charge is 2.41. The molecule has 3 nitrogen and oxygen atoms in total. The average Bonchev–Trinajstić information content (AvgIpc) is 3.18. The highest BCUT2D eigenvalue weighted by atomic mass is 127. The predicted molar refractivity (Wildman–Crippen MR) is 105 cm³/mol. The first-order chi connectivity index (χ1) is 12.1. The predicted octanol–water partition coefficient (Wildman–Crippen LogP) is 4.91. The van der Waals surface area contributed by atoms with Crippen LogP contribution in [0.5, 0.6) is 0 Å². The smallest absolute Gasteiger partial charge is 0.231 e. The first-order valence-electron chi connectivity index (χ1n) is 8.72. The molecule has 1 N–H and O–H groups in total. The van der Waals surface area contributed by atoms with Gasteiger partial charge in [-0.1, -0.05) is 13.0 Å². The molecule has 0 radical (unpaired) electrons. The third kappa shape index (κ3) is 3.07. The molecular weight excluding hydrogens is 430 g/mol. The number of amides is 1. The molecule has 5 heteroatoms. The quantitative estimate of drug-likeness (QED) is 0.534. The normalized spacial score (nSPS) is 26.4. The van der Waals surface area contributed by atoms with E-state index in [4.69, 9.17) is 0 Å². The van der Waals surface area contributed by atoms with E-state index in [-0.39, 0.29) is 17.6 Å². The zero-order valence-electron chi connectivity index (χ0n) is 14.0. The molecule has 0 spiro atoms. The maximum atomic E-state index is 13.7. The second-order valence-electron chi connectivity index (χ2n) is 7.32. The van der Waals surface area contributed by atoms with Crippen molar-refractivity contribution in [2.45, 2.75) is 26.2 Å². The second kappa shape index (κ2) is 6.67. The van der Waals surface area contributed by atoms with Crippen LogP contribution in [0.4, 0.5) is 4.39 Å².